The van der Waals surface area contributed by atoms with Crippen LogP contribution in [-0.2, 0) is 21.4 Å². The summed E-state index contributed by atoms with van der Waals surface area (Å²) in [6, 6.07) is 4.21. The minimum Gasteiger partial charge on any atom is -0.353 e. The van der Waals surface area contributed by atoms with Crippen molar-refractivity contribution >= 4 is 27.0 Å². The van der Waals surface area contributed by atoms with E-state index in [1.165, 1.54) is 4.31 Å². The number of likely N-dealkylation sites (N-methyl/N-ethyl adjacent to an activating group) is 1. The van der Waals surface area contributed by atoms with Crippen LogP contribution in [0.2, 0.25) is 0 Å². The number of nitrogens with zero attached hydrogens (tertiary/aromatic N) is 5. The van der Waals surface area contributed by atoms with Crippen molar-refractivity contribution in [3.8, 4) is 0 Å². The molecule has 1 aliphatic heterocycles. The van der Waals surface area contributed by atoms with Crippen LogP contribution in [0, 0.1) is 0 Å². The fraction of sp³-hybridized carbons (Fsp3) is 0.632. The van der Waals surface area contributed by atoms with Gasteiger partial charge in [0.1, 0.15) is 11.6 Å². The van der Waals surface area contributed by atoms with Crippen molar-refractivity contribution in [2.24, 2.45) is 0 Å². The molecule has 1 aromatic heterocycles. The van der Waals surface area contributed by atoms with Crippen molar-refractivity contribution in [3.05, 3.63) is 18.2 Å². The van der Waals surface area contributed by atoms with E-state index in [9.17, 15) is 13.2 Å². The Balaban J connectivity index is 1.83. The molecule has 1 amide bonds. The molecule has 1 aromatic carbocycles. The molecule has 160 valence electrons. The van der Waals surface area contributed by atoms with Crippen molar-refractivity contribution in [1.82, 2.24) is 29.5 Å². The molecule has 2 heterocycles. The highest BCUT2D eigenvalue weighted by Crippen LogP contribution is 2.27. The van der Waals surface area contributed by atoms with E-state index < -0.39 is 16.1 Å². The second kappa shape index (κ2) is 9.19. The van der Waals surface area contributed by atoms with Crippen LogP contribution in [-0.4, -0.2) is 78.3 Å². The Hall–Kier alpha value is -2.04. The van der Waals surface area contributed by atoms with E-state index >= 15 is 0 Å². The van der Waals surface area contributed by atoms with Gasteiger partial charge in [-0.2, -0.15) is 4.31 Å². The zero-order valence-electron chi connectivity index (χ0n) is 17.3. The summed E-state index contributed by atoms with van der Waals surface area (Å²) in [4.78, 5) is 14.8. The van der Waals surface area contributed by atoms with Crippen molar-refractivity contribution in [2.75, 3.05) is 33.7 Å². The Kier molecular flexibility index (Phi) is 6.86. The highest BCUT2D eigenvalue weighted by atomic mass is 32.2. The molecule has 1 aliphatic rings. The van der Waals surface area contributed by atoms with Crippen LogP contribution < -0.4 is 5.32 Å². The van der Waals surface area contributed by atoms with Crippen LogP contribution in [0.4, 0.5) is 0 Å². The number of rotatable bonds is 8. The van der Waals surface area contributed by atoms with E-state index in [2.05, 4.69) is 15.6 Å². The van der Waals surface area contributed by atoms with E-state index in [-0.39, 0.29) is 10.8 Å². The van der Waals surface area contributed by atoms with E-state index in [1.807, 2.05) is 25.9 Å². The third kappa shape index (κ3) is 4.76. The van der Waals surface area contributed by atoms with Crippen LogP contribution in [0.1, 0.15) is 32.6 Å². The molecular formula is C19H30N6O3S. The van der Waals surface area contributed by atoms with Gasteiger partial charge < -0.3 is 10.2 Å². The summed E-state index contributed by atoms with van der Waals surface area (Å²) in [7, 11) is 0.0468. The first-order valence-electron chi connectivity index (χ1n) is 10.1. The van der Waals surface area contributed by atoms with E-state index in [1.54, 1.807) is 22.9 Å². The molecule has 0 spiro atoms. The van der Waals surface area contributed by atoms with E-state index in [4.69, 9.17) is 0 Å². The fourth-order valence-corrected chi connectivity index (χ4v) is 5.28. The molecule has 9 nitrogen and oxygen atoms in total. The van der Waals surface area contributed by atoms with E-state index in [0.717, 1.165) is 31.3 Å². The second-order valence-corrected chi connectivity index (χ2v) is 9.58. The maximum Gasteiger partial charge on any atom is 0.243 e. The number of hydrogen-bond donors (Lipinski definition) is 1. The van der Waals surface area contributed by atoms with Crippen molar-refractivity contribution in [3.63, 3.8) is 0 Å². The lowest BCUT2D eigenvalue weighted by atomic mass is 10.0. The van der Waals surface area contributed by atoms with Crippen molar-refractivity contribution < 1.29 is 13.2 Å². The largest absolute Gasteiger partial charge is 0.353 e. The molecule has 0 aliphatic carbocycles. The lowest BCUT2D eigenvalue weighted by Crippen LogP contribution is -2.52. The minimum atomic E-state index is -3.81. The van der Waals surface area contributed by atoms with Crippen LogP contribution in [0.15, 0.2) is 23.1 Å². The first-order chi connectivity index (χ1) is 13.8. The Morgan fingerprint density at radius 1 is 1.31 bits per heavy atom. The molecule has 1 unspecified atom stereocenters. The van der Waals surface area contributed by atoms with Crippen molar-refractivity contribution in [1.29, 1.82) is 0 Å². The molecule has 1 atom stereocenters. The van der Waals surface area contributed by atoms with Crippen LogP contribution in [0.3, 0.4) is 0 Å². The number of amides is 1. The Bertz CT molecular complexity index is 956. The smallest absolute Gasteiger partial charge is 0.243 e. The second-order valence-electron chi connectivity index (χ2n) is 7.68. The fourth-order valence-electron chi connectivity index (χ4n) is 3.60. The predicted octanol–water partition coefficient (Wildman–Crippen LogP) is 1.06. The van der Waals surface area contributed by atoms with Gasteiger partial charge in [0, 0.05) is 26.2 Å². The molecular weight excluding hydrogens is 392 g/mol. The molecule has 2 aromatic rings. The number of carbonyl (C=O) groups excluding carboxylic acids is 1. The number of nitrogens with one attached hydrogen (secondary N) is 1. The van der Waals surface area contributed by atoms with Gasteiger partial charge >= 0.3 is 0 Å². The van der Waals surface area contributed by atoms with Gasteiger partial charge in [0.15, 0.2) is 0 Å². The van der Waals surface area contributed by atoms with Gasteiger partial charge in [-0.05, 0) is 51.6 Å². The van der Waals surface area contributed by atoms with Crippen molar-refractivity contribution in [2.45, 2.75) is 50.1 Å². The molecule has 10 heteroatoms. The molecule has 1 N–H and O–H groups in total. The molecule has 0 saturated carbocycles. The molecule has 3 rings (SSSR count). The van der Waals surface area contributed by atoms with Crippen LogP contribution >= 0.6 is 0 Å². The molecule has 1 fully saturated rings. The number of aromatic nitrogens is 3. The zero-order valence-corrected chi connectivity index (χ0v) is 18.2. The van der Waals surface area contributed by atoms with Gasteiger partial charge in [-0.25, -0.2) is 13.1 Å². The summed E-state index contributed by atoms with van der Waals surface area (Å²) in [6.07, 6.45) is 3.02. The van der Waals surface area contributed by atoms with Crippen LogP contribution in [0.25, 0.3) is 11.0 Å². The standard InChI is InChI=1S/C19H30N6O3S/c1-4-11-24-17-9-8-15(14-16(17)21-22-24)29(27,28)25-12-6-5-7-18(25)19(26)20-10-13-23(2)3/h8-9,14,18H,4-7,10-13H2,1-3H3,(H,20,26). The number of carbonyl (C=O) groups is 1. The van der Waals surface area contributed by atoms with Gasteiger partial charge in [0.05, 0.1) is 10.4 Å². The number of hydrogen-bond acceptors (Lipinski definition) is 6. The minimum absolute atomic E-state index is 0.154. The Morgan fingerprint density at radius 3 is 2.83 bits per heavy atom. The Morgan fingerprint density at radius 2 is 2.10 bits per heavy atom. The topological polar surface area (TPSA) is 100 Å². The first-order valence-corrected chi connectivity index (χ1v) is 11.6. The maximum absolute atomic E-state index is 13.3. The van der Waals surface area contributed by atoms with Gasteiger partial charge in [-0.3, -0.25) is 4.79 Å². The molecule has 0 bridgehead atoms. The summed E-state index contributed by atoms with van der Waals surface area (Å²) >= 11 is 0. The quantitative estimate of drug-likeness (QED) is 0.683. The Labute approximate surface area is 172 Å². The SMILES string of the molecule is CCCn1nnc2cc(S(=O)(=O)N3CCCCC3C(=O)NCCN(C)C)ccc21. The molecule has 1 saturated heterocycles. The summed E-state index contributed by atoms with van der Waals surface area (Å²) in [5.41, 5.74) is 1.35. The molecule has 29 heavy (non-hydrogen) atoms. The average Bonchev–Trinajstić information content (AvgIpc) is 3.10. The average molecular weight is 423 g/mol. The van der Waals surface area contributed by atoms with Gasteiger partial charge in [-0.1, -0.05) is 18.6 Å². The van der Waals surface area contributed by atoms with Gasteiger partial charge in [-0.15, -0.1) is 5.10 Å². The number of benzene rings is 1. The summed E-state index contributed by atoms with van der Waals surface area (Å²) < 4.78 is 29.8. The highest BCUT2D eigenvalue weighted by molar-refractivity contribution is 7.89. The monoisotopic (exact) mass is 422 g/mol. The van der Waals surface area contributed by atoms with E-state index in [0.29, 0.717) is 31.6 Å². The number of piperidine rings is 1. The zero-order chi connectivity index (χ0) is 21.0. The molecule has 0 radical (unpaired) electrons. The van der Waals surface area contributed by atoms with Gasteiger partial charge in [0.2, 0.25) is 15.9 Å². The maximum atomic E-state index is 13.3. The normalized spacial score (nSPS) is 18.4. The number of sulfonamides is 1. The lowest BCUT2D eigenvalue weighted by molar-refractivity contribution is -0.125. The number of fused-ring (bicyclic) bond motifs is 1. The van der Waals surface area contributed by atoms with Crippen LogP contribution in [0.5, 0.6) is 0 Å². The summed E-state index contributed by atoms with van der Waals surface area (Å²) in [5.74, 6) is -0.231. The third-order valence-corrected chi connectivity index (χ3v) is 7.05. The third-order valence-electron chi connectivity index (χ3n) is 5.14. The van der Waals surface area contributed by atoms with Gasteiger partial charge in [0.25, 0.3) is 0 Å². The first kappa shape index (κ1) is 21.7. The summed E-state index contributed by atoms with van der Waals surface area (Å²) in [6.45, 7) is 4.31. The number of aryl methyl sites for hydroxylation is 1. The summed E-state index contributed by atoms with van der Waals surface area (Å²) in [5, 5.41) is 11.1. The lowest BCUT2D eigenvalue weighted by Gasteiger charge is -2.33. The predicted molar refractivity (Wildman–Crippen MR) is 111 cm³/mol. The highest BCUT2D eigenvalue weighted by Gasteiger charge is 2.37.